The third-order valence-electron chi connectivity index (χ3n) is 2.36. The second kappa shape index (κ2) is 5.96. The van der Waals surface area contributed by atoms with Crippen molar-refractivity contribution < 1.29 is 13.5 Å². The molecule has 2 aromatic rings. The van der Waals surface area contributed by atoms with Crippen molar-refractivity contribution in [1.82, 2.24) is 15.0 Å². The lowest BCUT2D eigenvalue weighted by atomic mass is 10.2. The molecule has 0 atom stereocenters. The monoisotopic (exact) mass is 300 g/mol. The summed E-state index contributed by atoms with van der Waals surface area (Å²) in [6.45, 7) is 3.56. The van der Waals surface area contributed by atoms with E-state index < -0.39 is 11.6 Å². The van der Waals surface area contributed by atoms with E-state index >= 15 is 0 Å². The number of benzene rings is 1. The van der Waals surface area contributed by atoms with Gasteiger partial charge in [0.1, 0.15) is 11.6 Å². The molecule has 8 heteroatoms. The Morgan fingerprint density at radius 2 is 1.95 bits per heavy atom. The molecular formula is C12H11ClF2N4O. The van der Waals surface area contributed by atoms with E-state index in [2.05, 4.69) is 20.3 Å². The van der Waals surface area contributed by atoms with Crippen LogP contribution >= 0.6 is 11.6 Å². The van der Waals surface area contributed by atoms with Gasteiger partial charge in [-0.15, -0.1) is 0 Å². The van der Waals surface area contributed by atoms with Crippen molar-refractivity contribution in [3.63, 3.8) is 0 Å². The molecule has 0 radical (unpaired) electrons. The Bertz CT molecular complexity index is 639. The fourth-order valence-electron chi connectivity index (χ4n) is 1.44. The van der Waals surface area contributed by atoms with Crippen molar-refractivity contribution in [3.05, 3.63) is 34.6 Å². The van der Waals surface area contributed by atoms with Gasteiger partial charge in [0.15, 0.2) is 0 Å². The van der Waals surface area contributed by atoms with E-state index in [-0.39, 0.29) is 28.5 Å². The topological polar surface area (TPSA) is 59.9 Å². The molecule has 1 N–H and O–H groups in total. The molecule has 0 spiro atoms. The van der Waals surface area contributed by atoms with Crippen LogP contribution in [0.1, 0.15) is 12.5 Å². The fraction of sp³-hybridized carbons (Fsp3) is 0.250. The van der Waals surface area contributed by atoms with Crippen LogP contribution in [0.4, 0.5) is 20.4 Å². The number of anilines is 2. The average molecular weight is 301 g/mol. The van der Waals surface area contributed by atoms with E-state index in [0.29, 0.717) is 6.61 Å². The average Bonchev–Trinajstić information content (AvgIpc) is 2.35. The van der Waals surface area contributed by atoms with E-state index in [4.69, 9.17) is 16.3 Å². The van der Waals surface area contributed by atoms with E-state index in [9.17, 15) is 8.78 Å². The fourth-order valence-corrected chi connectivity index (χ4v) is 1.60. The summed E-state index contributed by atoms with van der Waals surface area (Å²) in [7, 11) is 0. The number of rotatable bonds is 4. The maximum absolute atomic E-state index is 13.7. The number of hydrogen-bond donors (Lipinski definition) is 1. The van der Waals surface area contributed by atoms with E-state index in [1.807, 2.05) is 0 Å². The van der Waals surface area contributed by atoms with Gasteiger partial charge in [0.25, 0.3) is 0 Å². The summed E-state index contributed by atoms with van der Waals surface area (Å²) in [5.74, 6) is -1.20. The molecule has 5 nitrogen and oxygen atoms in total. The first kappa shape index (κ1) is 14.4. The molecule has 0 bridgehead atoms. The Hall–Kier alpha value is -2.02. The van der Waals surface area contributed by atoms with Crippen LogP contribution in [0.5, 0.6) is 6.01 Å². The summed E-state index contributed by atoms with van der Waals surface area (Å²) < 4.78 is 32.2. The molecular weight excluding hydrogens is 290 g/mol. The summed E-state index contributed by atoms with van der Waals surface area (Å²) >= 11 is 5.70. The Kier molecular flexibility index (Phi) is 4.29. The van der Waals surface area contributed by atoms with Crippen molar-refractivity contribution in [2.45, 2.75) is 13.8 Å². The number of halogens is 3. The highest BCUT2D eigenvalue weighted by Crippen LogP contribution is 2.22. The highest BCUT2D eigenvalue weighted by Gasteiger charge is 2.11. The van der Waals surface area contributed by atoms with Gasteiger partial charge < -0.3 is 10.1 Å². The number of nitrogens with one attached hydrogen (secondary N) is 1. The van der Waals surface area contributed by atoms with Crippen LogP contribution in [0.3, 0.4) is 0 Å². The maximum atomic E-state index is 13.7. The predicted molar refractivity (Wildman–Crippen MR) is 70.4 cm³/mol. The number of nitrogens with zero attached hydrogens (tertiary/aromatic N) is 3. The molecule has 2 rings (SSSR count). The Balaban J connectivity index is 2.32. The molecule has 1 aromatic heterocycles. The minimum Gasteiger partial charge on any atom is -0.464 e. The summed E-state index contributed by atoms with van der Waals surface area (Å²) in [4.78, 5) is 11.4. The molecule has 0 unspecified atom stereocenters. The lowest BCUT2D eigenvalue weighted by Gasteiger charge is -2.08. The molecule has 0 amide bonds. The third kappa shape index (κ3) is 3.30. The highest BCUT2D eigenvalue weighted by molar-refractivity contribution is 6.28. The maximum Gasteiger partial charge on any atom is 0.322 e. The second-order valence-corrected chi connectivity index (χ2v) is 4.19. The Morgan fingerprint density at radius 1 is 1.20 bits per heavy atom. The predicted octanol–water partition coefficient (Wildman–Crippen LogP) is 3.25. The van der Waals surface area contributed by atoms with Gasteiger partial charge in [0.05, 0.1) is 12.3 Å². The quantitative estimate of drug-likeness (QED) is 0.939. The standard InChI is InChI=1S/C12H11ClF2N4O/c1-3-20-12-18-10(13)17-11(19-12)16-9-5-7(14)6(2)4-8(9)15/h4-5H,3H2,1-2H3,(H,16,17,18,19). The SMILES string of the molecule is CCOc1nc(Cl)nc(Nc2cc(F)c(C)cc2F)n1. The largest absolute Gasteiger partial charge is 0.464 e. The lowest BCUT2D eigenvalue weighted by molar-refractivity contribution is 0.312. The molecule has 1 aromatic carbocycles. The van der Waals surface area contributed by atoms with Gasteiger partial charge in [-0.1, -0.05) is 0 Å². The first-order chi connectivity index (χ1) is 9.49. The van der Waals surface area contributed by atoms with Crippen LogP contribution in [-0.2, 0) is 0 Å². The molecule has 0 fully saturated rings. The van der Waals surface area contributed by atoms with E-state index in [1.165, 1.54) is 6.92 Å². The second-order valence-electron chi connectivity index (χ2n) is 3.85. The van der Waals surface area contributed by atoms with Crippen LogP contribution in [-0.4, -0.2) is 21.6 Å². The molecule has 0 saturated carbocycles. The van der Waals surface area contributed by atoms with Crippen LogP contribution in [0.25, 0.3) is 0 Å². The van der Waals surface area contributed by atoms with Crippen molar-refractivity contribution in [2.24, 2.45) is 0 Å². The summed E-state index contributed by atoms with van der Waals surface area (Å²) in [5, 5.41) is 2.43. The minimum absolute atomic E-state index is 0.00277. The lowest BCUT2D eigenvalue weighted by Crippen LogP contribution is -2.05. The zero-order chi connectivity index (χ0) is 14.7. The third-order valence-corrected chi connectivity index (χ3v) is 2.52. The van der Waals surface area contributed by atoms with Crippen molar-refractivity contribution in [1.29, 1.82) is 0 Å². The normalized spacial score (nSPS) is 10.4. The van der Waals surface area contributed by atoms with Crippen molar-refractivity contribution >= 4 is 23.2 Å². The van der Waals surface area contributed by atoms with Crippen molar-refractivity contribution in [2.75, 3.05) is 11.9 Å². The van der Waals surface area contributed by atoms with Gasteiger partial charge in [0.2, 0.25) is 11.2 Å². The zero-order valence-corrected chi connectivity index (χ0v) is 11.5. The molecule has 0 aliphatic carbocycles. The first-order valence-corrected chi connectivity index (χ1v) is 6.14. The van der Waals surface area contributed by atoms with Gasteiger partial charge >= 0.3 is 6.01 Å². The first-order valence-electron chi connectivity index (χ1n) is 5.76. The van der Waals surface area contributed by atoms with Gasteiger partial charge in [-0.3, -0.25) is 0 Å². The van der Waals surface area contributed by atoms with Crippen LogP contribution < -0.4 is 10.1 Å². The smallest absolute Gasteiger partial charge is 0.322 e. The molecule has 1 heterocycles. The molecule has 20 heavy (non-hydrogen) atoms. The summed E-state index contributed by atoms with van der Waals surface area (Å²) in [6.07, 6.45) is 0. The van der Waals surface area contributed by atoms with E-state index in [0.717, 1.165) is 12.1 Å². The summed E-state index contributed by atoms with van der Waals surface area (Å²) in [6, 6.07) is 2.09. The molecule has 0 saturated heterocycles. The minimum atomic E-state index is -0.626. The van der Waals surface area contributed by atoms with Gasteiger partial charge in [-0.05, 0) is 37.1 Å². The van der Waals surface area contributed by atoms with Gasteiger partial charge in [-0.25, -0.2) is 8.78 Å². The van der Waals surface area contributed by atoms with E-state index in [1.54, 1.807) is 6.92 Å². The highest BCUT2D eigenvalue weighted by atomic mass is 35.5. The number of ether oxygens (including phenoxy) is 1. The van der Waals surface area contributed by atoms with Crippen LogP contribution in [0, 0.1) is 18.6 Å². The Labute approximate surface area is 119 Å². The van der Waals surface area contributed by atoms with Crippen molar-refractivity contribution in [3.8, 4) is 6.01 Å². The number of aromatic nitrogens is 3. The van der Waals surface area contributed by atoms with Gasteiger partial charge in [-0.2, -0.15) is 15.0 Å². The Morgan fingerprint density at radius 3 is 2.65 bits per heavy atom. The zero-order valence-electron chi connectivity index (χ0n) is 10.7. The number of hydrogen-bond acceptors (Lipinski definition) is 5. The molecule has 106 valence electrons. The van der Waals surface area contributed by atoms with Crippen LogP contribution in [0.2, 0.25) is 5.28 Å². The van der Waals surface area contributed by atoms with Gasteiger partial charge in [0, 0.05) is 6.07 Å². The van der Waals surface area contributed by atoms with Crippen LogP contribution in [0.15, 0.2) is 12.1 Å². The molecule has 0 aliphatic rings. The number of aryl methyl sites for hydroxylation is 1. The molecule has 0 aliphatic heterocycles. The summed E-state index contributed by atoms with van der Waals surface area (Å²) in [5.41, 5.74) is 0.106.